The number of hydrogen-bond donors (Lipinski definition) is 0. The Hall–Kier alpha value is -5.74. The van der Waals surface area contributed by atoms with Gasteiger partial charge in [-0.05, 0) is 65.9 Å². The topological polar surface area (TPSA) is 101 Å². The highest BCUT2D eigenvalue weighted by molar-refractivity contribution is 5.98. The van der Waals surface area contributed by atoms with Crippen LogP contribution in [0.2, 0.25) is 0 Å². The van der Waals surface area contributed by atoms with Gasteiger partial charge in [0.05, 0.1) is 10.8 Å². The van der Waals surface area contributed by atoms with Gasteiger partial charge in [0, 0.05) is 67.4 Å². The summed E-state index contributed by atoms with van der Waals surface area (Å²) in [7, 11) is 0. The van der Waals surface area contributed by atoms with Crippen molar-refractivity contribution in [1.29, 1.82) is 0 Å². The summed E-state index contributed by atoms with van der Waals surface area (Å²) in [6.45, 7) is 5.06. The Morgan fingerprint density at radius 3 is 2.04 bits per heavy atom. The molecular weight excluding hydrogens is 642 g/mol. The molecule has 0 aliphatic carbocycles. The summed E-state index contributed by atoms with van der Waals surface area (Å²) >= 11 is 0. The number of nitro benzene ring substituents is 1. The van der Waals surface area contributed by atoms with Gasteiger partial charge in [0.15, 0.2) is 0 Å². The Labute approximate surface area is 297 Å². The van der Waals surface area contributed by atoms with Gasteiger partial charge in [-0.2, -0.15) is 4.98 Å². The van der Waals surface area contributed by atoms with Crippen LogP contribution < -0.4 is 19.3 Å². The highest BCUT2D eigenvalue weighted by Gasteiger charge is 2.46. The first kappa shape index (κ1) is 32.5. The number of piperidine rings is 1. The second-order valence-corrected chi connectivity index (χ2v) is 13.5. The van der Waals surface area contributed by atoms with E-state index in [1.54, 1.807) is 12.1 Å². The van der Waals surface area contributed by atoms with E-state index in [9.17, 15) is 14.9 Å². The Bertz CT molecular complexity index is 1990. The number of carbonyl (C=O) groups is 1. The van der Waals surface area contributed by atoms with Gasteiger partial charge in [-0.3, -0.25) is 19.8 Å². The van der Waals surface area contributed by atoms with Crippen LogP contribution in [-0.2, 0) is 18.0 Å². The molecule has 3 aliphatic heterocycles. The summed E-state index contributed by atoms with van der Waals surface area (Å²) in [4.78, 5) is 35.6. The number of anilines is 2. The van der Waals surface area contributed by atoms with E-state index in [2.05, 4.69) is 34.1 Å². The number of likely N-dealkylation sites (tertiary alicyclic amines) is 1. The molecule has 0 radical (unpaired) electrons. The minimum absolute atomic E-state index is 0.0340. The molecule has 3 saturated heterocycles. The molecule has 3 aliphatic rings. The van der Waals surface area contributed by atoms with Crippen LogP contribution in [0.4, 0.5) is 17.1 Å². The lowest BCUT2D eigenvalue weighted by Crippen LogP contribution is -2.62. The van der Waals surface area contributed by atoms with E-state index in [1.807, 2.05) is 77.7 Å². The second kappa shape index (κ2) is 14.2. The molecule has 3 fully saturated rings. The van der Waals surface area contributed by atoms with Crippen LogP contribution in [0.15, 0.2) is 121 Å². The molecule has 4 aromatic carbocycles. The largest absolute Gasteiger partial charge is 0.473 e. The molecule has 0 bridgehead atoms. The predicted octanol–water partition coefficient (Wildman–Crippen LogP) is 6.99. The third-order valence-electron chi connectivity index (χ3n) is 10.4. The van der Waals surface area contributed by atoms with Crippen molar-refractivity contribution < 1.29 is 19.2 Å². The molecule has 1 amide bonds. The van der Waals surface area contributed by atoms with Gasteiger partial charge in [0.1, 0.15) is 13.2 Å². The molecular formula is C41H39N5O5. The number of ether oxygens (including phenoxy) is 2. The van der Waals surface area contributed by atoms with Crippen molar-refractivity contribution in [3.63, 3.8) is 0 Å². The number of amides is 1. The summed E-state index contributed by atoms with van der Waals surface area (Å²) in [6, 6.07) is 39.3. The van der Waals surface area contributed by atoms with Crippen LogP contribution in [0.5, 0.6) is 11.8 Å². The van der Waals surface area contributed by atoms with Gasteiger partial charge in [0.2, 0.25) is 17.7 Å². The monoisotopic (exact) mass is 681 g/mol. The maximum atomic E-state index is 13.5. The van der Waals surface area contributed by atoms with E-state index in [0.29, 0.717) is 43.5 Å². The van der Waals surface area contributed by atoms with Gasteiger partial charge < -0.3 is 19.3 Å². The lowest BCUT2D eigenvalue weighted by Gasteiger charge is -2.49. The van der Waals surface area contributed by atoms with Crippen LogP contribution in [0.25, 0.3) is 11.1 Å². The molecule has 0 spiro atoms. The van der Waals surface area contributed by atoms with Crippen LogP contribution in [0, 0.1) is 22.0 Å². The fourth-order valence-corrected chi connectivity index (χ4v) is 7.41. The lowest BCUT2D eigenvalue weighted by molar-refractivity contribution is -0.384. The van der Waals surface area contributed by atoms with Crippen LogP contribution >= 0.6 is 0 Å². The van der Waals surface area contributed by atoms with Crippen molar-refractivity contribution in [2.45, 2.75) is 25.7 Å². The standard InChI is InChI=1S/C41H39N5O5/c47-41-38-26-43(22-21-32(38)23-45(41)34-15-17-35(18-16-34)46(48)49)36-24-44(25-36)33-13-11-31(12-14-33)37-19-20-39(50-27-29-7-3-1-4-8-29)42-40(37)51-28-30-9-5-2-6-10-30/h1-20,32,36,38H,21-28H2. The zero-order valence-corrected chi connectivity index (χ0v) is 28.2. The van der Waals surface area contributed by atoms with Crippen LogP contribution in [0.3, 0.4) is 0 Å². The number of nitrogens with zero attached hydrogens (tertiary/aromatic N) is 5. The zero-order valence-electron chi connectivity index (χ0n) is 28.2. The molecule has 2 unspecified atom stereocenters. The lowest BCUT2D eigenvalue weighted by atomic mass is 9.86. The van der Waals surface area contributed by atoms with E-state index in [4.69, 9.17) is 14.5 Å². The SMILES string of the molecule is O=C1C2CN(C3CN(c4ccc(-c5ccc(OCc6ccccc6)nc5OCc5ccccc5)cc4)C3)CCC2CN1c1ccc([N+](=O)[O-])cc1. The van der Waals surface area contributed by atoms with E-state index in [1.165, 1.54) is 12.1 Å². The predicted molar refractivity (Wildman–Crippen MR) is 196 cm³/mol. The van der Waals surface area contributed by atoms with Gasteiger partial charge in [-0.1, -0.05) is 72.8 Å². The molecule has 10 heteroatoms. The Kier molecular flexibility index (Phi) is 9.07. The molecule has 0 saturated carbocycles. The van der Waals surface area contributed by atoms with Crippen LogP contribution in [0.1, 0.15) is 17.5 Å². The maximum Gasteiger partial charge on any atom is 0.269 e. The smallest absolute Gasteiger partial charge is 0.269 e. The Morgan fingerprint density at radius 2 is 1.37 bits per heavy atom. The highest BCUT2D eigenvalue weighted by Crippen LogP contribution is 2.38. The first-order valence-corrected chi connectivity index (χ1v) is 17.5. The van der Waals surface area contributed by atoms with E-state index >= 15 is 0 Å². The molecule has 51 heavy (non-hydrogen) atoms. The summed E-state index contributed by atoms with van der Waals surface area (Å²) in [6.07, 6.45) is 0.976. The number of hydrogen-bond acceptors (Lipinski definition) is 8. The van der Waals surface area contributed by atoms with Crippen molar-refractivity contribution in [2.75, 3.05) is 42.5 Å². The summed E-state index contributed by atoms with van der Waals surface area (Å²) in [5.41, 5.74) is 5.98. The quantitative estimate of drug-likeness (QED) is 0.109. The third-order valence-corrected chi connectivity index (χ3v) is 10.4. The van der Waals surface area contributed by atoms with E-state index in [-0.39, 0.29) is 17.5 Å². The molecule has 0 N–H and O–H groups in total. The number of rotatable bonds is 11. The maximum absolute atomic E-state index is 13.5. The summed E-state index contributed by atoms with van der Waals surface area (Å²) in [5, 5.41) is 11.1. The van der Waals surface area contributed by atoms with E-state index < -0.39 is 4.92 Å². The molecule has 4 heterocycles. The van der Waals surface area contributed by atoms with Gasteiger partial charge in [-0.15, -0.1) is 0 Å². The number of benzene rings is 4. The zero-order chi connectivity index (χ0) is 34.7. The number of pyridine rings is 1. The minimum atomic E-state index is -0.414. The Balaban J connectivity index is 0.901. The fourth-order valence-electron chi connectivity index (χ4n) is 7.41. The molecule has 5 aromatic rings. The molecule has 2 atom stereocenters. The van der Waals surface area contributed by atoms with Gasteiger partial charge >= 0.3 is 0 Å². The average Bonchev–Trinajstić information content (AvgIpc) is 3.49. The van der Waals surface area contributed by atoms with Crippen molar-refractivity contribution in [2.24, 2.45) is 11.8 Å². The molecule has 258 valence electrons. The average molecular weight is 682 g/mol. The van der Waals surface area contributed by atoms with Gasteiger partial charge in [-0.25, -0.2) is 0 Å². The Morgan fingerprint density at radius 1 is 0.725 bits per heavy atom. The van der Waals surface area contributed by atoms with Crippen molar-refractivity contribution in [3.05, 3.63) is 143 Å². The van der Waals surface area contributed by atoms with Crippen molar-refractivity contribution in [1.82, 2.24) is 9.88 Å². The van der Waals surface area contributed by atoms with Crippen LogP contribution in [-0.4, -0.2) is 59.5 Å². The third kappa shape index (κ3) is 7.00. The normalized spacial score (nSPS) is 19.0. The molecule has 8 rings (SSSR count). The van der Waals surface area contributed by atoms with E-state index in [0.717, 1.165) is 66.2 Å². The number of nitro groups is 1. The molecule has 10 nitrogen and oxygen atoms in total. The number of aromatic nitrogens is 1. The molecule has 1 aromatic heterocycles. The second-order valence-electron chi connectivity index (χ2n) is 13.5. The summed E-state index contributed by atoms with van der Waals surface area (Å²) in [5.74, 6) is 1.44. The number of fused-ring (bicyclic) bond motifs is 1. The van der Waals surface area contributed by atoms with Gasteiger partial charge in [0.25, 0.3) is 5.69 Å². The van der Waals surface area contributed by atoms with Crippen molar-refractivity contribution in [3.8, 4) is 22.9 Å². The number of carbonyl (C=O) groups excluding carboxylic acids is 1. The van der Waals surface area contributed by atoms with Crippen molar-refractivity contribution >= 4 is 23.0 Å². The minimum Gasteiger partial charge on any atom is -0.473 e. The first-order valence-electron chi connectivity index (χ1n) is 17.5. The fraction of sp³-hybridized carbons (Fsp3) is 0.268. The number of non-ortho nitro benzene ring substituents is 1. The summed E-state index contributed by atoms with van der Waals surface area (Å²) < 4.78 is 12.3. The highest BCUT2D eigenvalue weighted by atomic mass is 16.6. The first-order chi connectivity index (χ1) is 25.0.